The van der Waals surface area contributed by atoms with Crippen LogP contribution in [0.5, 0.6) is 5.75 Å². The van der Waals surface area contributed by atoms with Crippen LogP contribution >= 0.6 is 0 Å². The molecule has 37 heavy (non-hydrogen) atoms. The predicted molar refractivity (Wildman–Crippen MR) is 139 cm³/mol. The van der Waals surface area contributed by atoms with Crippen molar-refractivity contribution in [2.75, 3.05) is 39.7 Å². The number of nitriles is 1. The minimum absolute atomic E-state index is 0.108. The second-order valence-electron chi connectivity index (χ2n) is 9.71. The van der Waals surface area contributed by atoms with Crippen molar-refractivity contribution in [2.24, 2.45) is 11.8 Å². The molecule has 2 fully saturated rings. The molecule has 186 valence electrons. The van der Waals surface area contributed by atoms with E-state index >= 15 is 0 Å². The summed E-state index contributed by atoms with van der Waals surface area (Å²) in [6.45, 7) is 1.58. The average molecular weight is 495 g/mol. The average Bonchev–Trinajstić information content (AvgIpc) is 3.26. The normalized spacial score (nSPS) is 19.8. The third kappa shape index (κ3) is 3.98. The summed E-state index contributed by atoms with van der Waals surface area (Å²) < 4.78 is 17.4. The van der Waals surface area contributed by atoms with E-state index in [1.54, 1.807) is 39.5 Å². The molecule has 4 aromatic rings. The van der Waals surface area contributed by atoms with Gasteiger partial charge in [0, 0.05) is 55.4 Å². The molecule has 1 aliphatic carbocycles. The first kappa shape index (κ1) is 23.1. The van der Waals surface area contributed by atoms with Gasteiger partial charge in [-0.05, 0) is 42.0 Å². The Hall–Kier alpha value is -4.35. The lowest BCUT2D eigenvalue weighted by Gasteiger charge is -2.13. The van der Waals surface area contributed by atoms with E-state index in [0.29, 0.717) is 51.6 Å². The molecule has 2 unspecified atom stereocenters. The Morgan fingerprint density at radius 1 is 1.11 bits per heavy atom. The molecule has 1 amide bonds. The molecule has 3 heterocycles. The number of hydrogen-bond donors (Lipinski definition) is 1. The predicted octanol–water partition coefficient (Wildman–Crippen LogP) is 4.80. The van der Waals surface area contributed by atoms with Gasteiger partial charge in [0.1, 0.15) is 23.1 Å². The highest BCUT2D eigenvalue weighted by Gasteiger charge is 2.54. The molecule has 2 aromatic heterocycles. The standard InChI is InChI=1S/C29H26N4O4/c1-33(2)29(34)17-4-6-20(25(11-17)35-3)26-12-24-28(37-26)19(8-9-31-24)16-5-7-23(18(10-16)13-30)32-27-21-14-36-15-22(21)27/h4-12,21-22,27,32H,14-15H2,1-3H3. The number of carbonyl (C=O) groups is 1. The van der Waals surface area contributed by atoms with Gasteiger partial charge in [-0.25, -0.2) is 0 Å². The third-order valence-corrected chi connectivity index (χ3v) is 7.26. The van der Waals surface area contributed by atoms with Gasteiger partial charge in [-0.1, -0.05) is 6.07 Å². The molecule has 8 heteroatoms. The van der Waals surface area contributed by atoms with Crippen LogP contribution in [0.3, 0.4) is 0 Å². The summed E-state index contributed by atoms with van der Waals surface area (Å²) in [4.78, 5) is 18.4. The fourth-order valence-electron chi connectivity index (χ4n) is 5.15. The van der Waals surface area contributed by atoms with Gasteiger partial charge < -0.3 is 24.1 Å². The summed E-state index contributed by atoms with van der Waals surface area (Å²) in [5.74, 6) is 2.09. The van der Waals surface area contributed by atoms with Gasteiger partial charge in [-0.15, -0.1) is 0 Å². The van der Waals surface area contributed by atoms with Crippen LogP contribution in [0.15, 0.2) is 59.1 Å². The van der Waals surface area contributed by atoms with Crippen LogP contribution in [-0.4, -0.2) is 56.3 Å². The number of anilines is 1. The molecule has 1 N–H and O–H groups in total. The molecule has 0 spiro atoms. The van der Waals surface area contributed by atoms with Gasteiger partial charge in [-0.3, -0.25) is 9.78 Å². The number of amides is 1. The fraction of sp³-hybridized carbons (Fsp3) is 0.276. The fourth-order valence-corrected chi connectivity index (χ4v) is 5.15. The summed E-state index contributed by atoms with van der Waals surface area (Å²) in [5, 5.41) is 13.4. The van der Waals surface area contributed by atoms with E-state index in [0.717, 1.165) is 35.6 Å². The molecule has 2 aromatic carbocycles. The molecule has 1 saturated heterocycles. The summed E-state index contributed by atoms with van der Waals surface area (Å²) >= 11 is 0. The minimum Gasteiger partial charge on any atom is -0.496 e. The van der Waals surface area contributed by atoms with Crippen LogP contribution in [0.1, 0.15) is 15.9 Å². The number of hydrogen-bond acceptors (Lipinski definition) is 7. The number of aromatic nitrogens is 1. The Morgan fingerprint density at radius 2 is 1.92 bits per heavy atom. The van der Waals surface area contributed by atoms with Crippen LogP contribution < -0.4 is 10.1 Å². The minimum atomic E-state index is -0.108. The number of methoxy groups -OCH3 is 1. The maximum absolute atomic E-state index is 12.4. The van der Waals surface area contributed by atoms with E-state index in [4.69, 9.17) is 13.9 Å². The zero-order valence-corrected chi connectivity index (χ0v) is 20.8. The zero-order chi connectivity index (χ0) is 25.7. The van der Waals surface area contributed by atoms with Crippen molar-refractivity contribution in [3.63, 3.8) is 0 Å². The Labute approximate surface area is 214 Å². The van der Waals surface area contributed by atoms with E-state index < -0.39 is 0 Å². The molecule has 0 radical (unpaired) electrons. The lowest BCUT2D eigenvalue weighted by molar-refractivity contribution is 0.0827. The van der Waals surface area contributed by atoms with Crippen LogP contribution in [0.2, 0.25) is 0 Å². The number of pyridine rings is 1. The molecule has 6 rings (SSSR count). The van der Waals surface area contributed by atoms with Crippen molar-refractivity contribution in [2.45, 2.75) is 6.04 Å². The molecular weight excluding hydrogens is 468 g/mol. The number of ether oxygens (including phenoxy) is 2. The smallest absolute Gasteiger partial charge is 0.253 e. The lowest BCUT2D eigenvalue weighted by atomic mass is 10.0. The van der Waals surface area contributed by atoms with Crippen molar-refractivity contribution < 1.29 is 18.7 Å². The van der Waals surface area contributed by atoms with Crippen molar-refractivity contribution in [3.8, 4) is 34.3 Å². The number of carbonyl (C=O) groups excluding carboxylic acids is 1. The molecule has 1 saturated carbocycles. The summed E-state index contributed by atoms with van der Waals surface area (Å²) in [6.07, 6.45) is 1.73. The van der Waals surface area contributed by atoms with Gasteiger partial charge in [0.15, 0.2) is 5.58 Å². The Morgan fingerprint density at radius 3 is 2.65 bits per heavy atom. The van der Waals surface area contributed by atoms with Crippen LogP contribution in [0.25, 0.3) is 33.6 Å². The number of rotatable bonds is 6. The van der Waals surface area contributed by atoms with Crippen molar-refractivity contribution >= 4 is 22.7 Å². The largest absolute Gasteiger partial charge is 0.496 e. The molecule has 0 bridgehead atoms. The number of fused-ring (bicyclic) bond motifs is 2. The first-order valence-electron chi connectivity index (χ1n) is 12.2. The van der Waals surface area contributed by atoms with Crippen LogP contribution in [0.4, 0.5) is 5.69 Å². The van der Waals surface area contributed by atoms with Crippen molar-refractivity contribution in [1.82, 2.24) is 9.88 Å². The first-order valence-corrected chi connectivity index (χ1v) is 12.2. The SMILES string of the molecule is COc1cc(C(=O)N(C)C)ccc1-c1cc2nccc(-c3ccc(NC4C5COCC54)c(C#N)c3)c2o1. The Bertz CT molecular complexity index is 1560. The summed E-state index contributed by atoms with van der Waals surface area (Å²) in [6, 6.07) is 17.6. The van der Waals surface area contributed by atoms with Crippen LogP contribution in [0, 0.1) is 23.2 Å². The maximum atomic E-state index is 12.4. The van der Waals surface area contributed by atoms with Crippen molar-refractivity contribution in [1.29, 1.82) is 5.26 Å². The van der Waals surface area contributed by atoms with E-state index in [1.807, 2.05) is 36.4 Å². The van der Waals surface area contributed by atoms with E-state index in [-0.39, 0.29) is 5.91 Å². The molecule has 2 atom stereocenters. The van der Waals surface area contributed by atoms with Gasteiger partial charge >= 0.3 is 0 Å². The van der Waals surface area contributed by atoms with Gasteiger partial charge in [0.05, 0.1) is 37.1 Å². The van der Waals surface area contributed by atoms with Crippen molar-refractivity contribution in [3.05, 3.63) is 65.9 Å². The lowest BCUT2D eigenvalue weighted by Crippen LogP contribution is -2.21. The highest BCUT2D eigenvalue weighted by Crippen LogP contribution is 2.46. The number of furan rings is 1. The topological polar surface area (TPSA) is 101 Å². The van der Waals surface area contributed by atoms with E-state index in [2.05, 4.69) is 16.4 Å². The highest BCUT2D eigenvalue weighted by atomic mass is 16.5. The molecule has 1 aliphatic heterocycles. The van der Waals surface area contributed by atoms with Crippen LogP contribution in [-0.2, 0) is 4.74 Å². The maximum Gasteiger partial charge on any atom is 0.253 e. The monoisotopic (exact) mass is 494 g/mol. The molecule has 8 nitrogen and oxygen atoms in total. The van der Waals surface area contributed by atoms with Gasteiger partial charge in [-0.2, -0.15) is 5.26 Å². The number of benzene rings is 2. The Kier molecular flexibility index (Phi) is 5.58. The highest BCUT2D eigenvalue weighted by molar-refractivity contribution is 5.96. The summed E-state index contributed by atoms with van der Waals surface area (Å²) in [7, 11) is 4.99. The van der Waals surface area contributed by atoms with E-state index in [9.17, 15) is 10.1 Å². The van der Waals surface area contributed by atoms with Gasteiger partial charge in [0.2, 0.25) is 0 Å². The molecule has 2 aliphatic rings. The first-order chi connectivity index (χ1) is 18.0. The number of nitrogens with zero attached hydrogens (tertiary/aromatic N) is 3. The second kappa shape index (κ2) is 8.95. The number of nitrogens with one attached hydrogen (secondary N) is 1. The quantitative estimate of drug-likeness (QED) is 0.411. The van der Waals surface area contributed by atoms with Gasteiger partial charge in [0.25, 0.3) is 5.91 Å². The summed E-state index contributed by atoms with van der Waals surface area (Å²) in [5.41, 5.74) is 5.69. The third-order valence-electron chi connectivity index (χ3n) is 7.26. The molecular formula is C29H26N4O4. The zero-order valence-electron chi connectivity index (χ0n) is 20.8. The Balaban J connectivity index is 1.35. The second-order valence-corrected chi connectivity index (χ2v) is 9.71. The van der Waals surface area contributed by atoms with E-state index in [1.165, 1.54) is 4.90 Å².